The van der Waals surface area contributed by atoms with Crippen molar-refractivity contribution in [1.82, 2.24) is 15.1 Å². The summed E-state index contributed by atoms with van der Waals surface area (Å²) in [6.07, 6.45) is 12.8. The van der Waals surface area contributed by atoms with E-state index in [2.05, 4.69) is 22.0 Å². The van der Waals surface area contributed by atoms with E-state index in [9.17, 15) is 0 Å². The zero-order valence-electron chi connectivity index (χ0n) is 14.0. The first kappa shape index (κ1) is 15.8. The minimum Gasteiger partial charge on any atom is -0.312 e. The average molecular weight is 293 g/mol. The molecular weight excluding hydrogens is 258 g/mol. The zero-order valence-corrected chi connectivity index (χ0v) is 14.0. The monoisotopic (exact) mass is 293 g/mol. The quantitative estimate of drug-likeness (QED) is 0.841. The molecule has 2 atom stereocenters. The summed E-state index contributed by atoms with van der Waals surface area (Å²) < 4.78 is 0. The molecule has 1 aliphatic heterocycles. The van der Waals surface area contributed by atoms with Crippen LogP contribution in [0.1, 0.15) is 64.7 Å². The van der Waals surface area contributed by atoms with E-state index in [1.165, 1.54) is 90.5 Å². The van der Waals surface area contributed by atoms with Gasteiger partial charge in [0.15, 0.2) is 0 Å². The molecule has 2 saturated carbocycles. The van der Waals surface area contributed by atoms with Crippen LogP contribution in [0.5, 0.6) is 0 Å². The molecule has 1 saturated heterocycles. The Balaban J connectivity index is 1.55. The Morgan fingerprint density at radius 1 is 0.810 bits per heavy atom. The first-order chi connectivity index (χ1) is 10.4. The van der Waals surface area contributed by atoms with Crippen LogP contribution in [0.3, 0.4) is 0 Å². The lowest BCUT2D eigenvalue weighted by Gasteiger charge is -2.43. The van der Waals surface area contributed by atoms with Crippen molar-refractivity contribution in [3.63, 3.8) is 0 Å². The van der Waals surface area contributed by atoms with Gasteiger partial charge in [-0.05, 0) is 38.6 Å². The molecule has 0 radical (unpaired) electrons. The van der Waals surface area contributed by atoms with Crippen molar-refractivity contribution in [1.29, 1.82) is 0 Å². The second kappa shape index (κ2) is 7.94. The molecule has 2 unspecified atom stereocenters. The molecule has 3 nitrogen and oxygen atoms in total. The second-order valence-electron chi connectivity index (χ2n) is 7.42. The van der Waals surface area contributed by atoms with Crippen LogP contribution in [0, 0.1) is 0 Å². The molecule has 122 valence electrons. The molecule has 0 aromatic heterocycles. The highest BCUT2D eigenvalue weighted by Crippen LogP contribution is 2.29. The molecule has 3 heteroatoms. The molecule has 0 aromatic rings. The topological polar surface area (TPSA) is 18.5 Å². The Labute approximate surface area is 131 Å². The summed E-state index contributed by atoms with van der Waals surface area (Å²) >= 11 is 0. The minimum absolute atomic E-state index is 0.748. The lowest BCUT2D eigenvalue weighted by molar-refractivity contribution is 0.0644. The molecule has 3 rings (SSSR count). The molecule has 1 N–H and O–H groups in total. The van der Waals surface area contributed by atoms with Crippen LogP contribution in [0.2, 0.25) is 0 Å². The van der Waals surface area contributed by atoms with Gasteiger partial charge in [-0.3, -0.25) is 9.80 Å². The van der Waals surface area contributed by atoms with Crippen LogP contribution in [0.25, 0.3) is 0 Å². The van der Waals surface area contributed by atoms with Gasteiger partial charge in [-0.1, -0.05) is 32.6 Å². The summed E-state index contributed by atoms with van der Waals surface area (Å²) in [5, 5.41) is 3.88. The Morgan fingerprint density at radius 3 is 2.14 bits per heavy atom. The number of piperazine rings is 1. The van der Waals surface area contributed by atoms with Crippen molar-refractivity contribution in [2.24, 2.45) is 0 Å². The van der Waals surface area contributed by atoms with E-state index >= 15 is 0 Å². The SMILES string of the molecule is CCCNC1CCCCCCC1N1CCN(C2CC2)CC1. The fraction of sp³-hybridized carbons (Fsp3) is 1.00. The molecule has 0 aromatic carbocycles. The molecular formula is C18H35N3. The predicted octanol–water partition coefficient (Wildman–Crippen LogP) is 2.86. The van der Waals surface area contributed by atoms with E-state index < -0.39 is 0 Å². The van der Waals surface area contributed by atoms with Crippen molar-refractivity contribution < 1.29 is 0 Å². The van der Waals surface area contributed by atoms with Crippen LogP contribution in [-0.2, 0) is 0 Å². The first-order valence-electron chi connectivity index (χ1n) is 9.60. The molecule has 1 heterocycles. The fourth-order valence-electron chi connectivity index (χ4n) is 4.34. The van der Waals surface area contributed by atoms with Gasteiger partial charge in [0.25, 0.3) is 0 Å². The maximum Gasteiger partial charge on any atom is 0.0250 e. The third-order valence-corrected chi connectivity index (χ3v) is 5.77. The second-order valence-corrected chi connectivity index (χ2v) is 7.42. The van der Waals surface area contributed by atoms with Gasteiger partial charge >= 0.3 is 0 Å². The van der Waals surface area contributed by atoms with E-state index in [0.29, 0.717) is 0 Å². The van der Waals surface area contributed by atoms with Crippen molar-refractivity contribution >= 4 is 0 Å². The molecule has 3 aliphatic rings. The van der Waals surface area contributed by atoms with E-state index in [1.54, 1.807) is 0 Å². The van der Waals surface area contributed by atoms with Crippen LogP contribution in [-0.4, -0.2) is 60.6 Å². The number of hydrogen-bond acceptors (Lipinski definition) is 3. The van der Waals surface area contributed by atoms with Crippen molar-refractivity contribution in [3.05, 3.63) is 0 Å². The van der Waals surface area contributed by atoms with Crippen LogP contribution in [0.4, 0.5) is 0 Å². The van der Waals surface area contributed by atoms with Gasteiger partial charge in [0, 0.05) is 44.3 Å². The third-order valence-electron chi connectivity index (χ3n) is 5.77. The van der Waals surface area contributed by atoms with E-state index in [1.807, 2.05) is 0 Å². The van der Waals surface area contributed by atoms with E-state index in [0.717, 1.165) is 18.1 Å². The number of rotatable bonds is 5. The van der Waals surface area contributed by atoms with Gasteiger partial charge < -0.3 is 5.32 Å². The summed E-state index contributed by atoms with van der Waals surface area (Å²) in [5.41, 5.74) is 0. The highest BCUT2D eigenvalue weighted by Gasteiger charge is 2.34. The Morgan fingerprint density at radius 2 is 1.48 bits per heavy atom. The van der Waals surface area contributed by atoms with Crippen LogP contribution >= 0.6 is 0 Å². The molecule has 21 heavy (non-hydrogen) atoms. The van der Waals surface area contributed by atoms with Crippen molar-refractivity contribution in [3.8, 4) is 0 Å². The molecule has 0 amide bonds. The van der Waals surface area contributed by atoms with Gasteiger partial charge in [0.05, 0.1) is 0 Å². The predicted molar refractivity (Wildman–Crippen MR) is 89.7 cm³/mol. The highest BCUT2D eigenvalue weighted by molar-refractivity contribution is 4.92. The van der Waals surface area contributed by atoms with Gasteiger partial charge in [-0.2, -0.15) is 0 Å². The summed E-state index contributed by atoms with van der Waals surface area (Å²) in [7, 11) is 0. The minimum atomic E-state index is 0.748. The summed E-state index contributed by atoms with van der Waals surface area (Å²) in [4.78, 5) is 5.57. The summed E-state index contributed by atoms with van der Waals surface area (Å²) in [5.74, 6) is 0. The number of nitrogens with zero attached hydrogens (tertiary/aromatic N) is 2. The van der Waals surface area contributed by atoms with Crippen LogP contribution < -0.4 is 5.32 Å². The normalized spacial score (nSPS) is 33.6. The van der Waals surface area contributed by atoms with E-state index in [-0.39, 0.29) is 0 Å². The average Bonchev–Trinajstić information content (AvgIpc) is 3.32. The molecule has 0 bridgehead atoms. The standard InChI is InChI=1S/C18H35N3/c1-2-11-19-17-7-5-3-4-6-8-18(17)21-14-12-20(13-15-21)16-9-10-16/h16-19H,2-15H2,1H3. The van der Waals surface area contributed by atoms with Crippen molar-refractivity contribution in [2.75, 3.05) is 32.7 Å². The maximum absolute atomic E-state index is 3.88. The third kappa shape index (κ3) is 4.43. The fourth-order valence-corrected chi connectivity index (χ4v) is 4.34. The number of nitrogens with one attached hydrogen (secondary N) is 1. The van der Waals surface area contributed by atoms with E-state index in [4.69, 9.17) is 0 Å². The Bertz CT molecular complexity index is 293. The summed E-state index contributed by atoms with van der Waals surface area (Å²) in [6.45, 7) is 8.75. The summed E-state index contributed by atoms with van der Waals surface area (Å²) in [6, 6.07) is 2.51. The van der Waals surface area contributed by atoms with Crippen molar-refractivity contribution in [2.45, 2.75) is 82.8 Å². The molecule has 3 fully saturated rings. The Kier molecular flexibility index (Phi) is 5.96. The largest absolute Gasteiger partial charge is 0.312 e. The zero-order chi connectivity index (χ0) is 14.5. The van der Waals surface area contributed by atoms with Gasteiger partial charge in [-0.15, -0.1) is 0 Å². The number of hydrogen-bond donors (Lipinski definition) is 1. The molecule has 0 spiro atoms. The van der Waals surface area contributed by atoms with Crippen LogP contribution in [0.15, 0.2) is 0 Å². The maximum atomic E-state index is 3.88. The van der Waals surface area contributed by atoms with Gasteiger partial charge in [-0.25, -0.2) is 0 Å². The molecule has 2 aliphatic carbocycles. The lowest BCUT2D eigenvalue weighted by Crippen LogP contribution is -2.57. The van der Waals surface area contributed by atoms with Gasteiger partial charge in [0.2, 0.25) is 0 Å². The lowest BCUT2D eigenvalue weighted by atomic mass is 9.90. The highest BCUT2D eigenvalue weighted by atomic mass is 15.3. The smallest absolute Gasteiger partial charge is 0.0250 e. The first-order valence-corrected chi connectivity index (χ1v) is 9.60. The Hall–Kier alpha value is -0.120. The van der Waals surface area contributed by atoms with Gasteiger partial charge in [0.1, 0.15) is 0 Å².